The second-order valence-corrected chi connectivity index (χ2v) is 4.79. The summed E-state index contributed by atoms with van der Waals surface area (Å²) in [4.78, 5) is 10.3. The molecule has 0 aromatic carbocycles. The van der Waals surface area contributed by atoms with Gasteiger partial charge in [0.25, 0.3) is 0 Å². The van der Waals surface area contributed by atoms with Gasteiger partial charge in [-0.05, 0) is 42.9 Å². The van der Waals surface area contributed by atoms with Gasteiger partial charge in [-0.15, -0.1) is 0 Å². The molecule has 0 aliphatic heterocycles. The zero-order chi connectivity index (χ0) is 16.9. The maximum Gasteiger partial charge on any atom is 0.303 e. The van der Waals surface area contributed by atoms with E-state index in [2.05, 4.69) is 0 Å². The Bertz CT molecular complexity index is 414. The Kier molecular flexibility index (Phi) is 1.88. The van der Waals surface area contributed by atoms with Crippen molar-refractivity contribution in [2.24, 2.45) is 10.8 Å². The van der Waals surface area contributed by atoms with E-state index in [1.807, 2.05) is 0 Å². The van der Waals surface area contributed by atoms with Gasteiger partial charge in [-0.25, -0.2) is 0 Å². The van der Waals surface area contributed by atoms with Crippen molar-refractivity contribution in [3.05, 3.63) is 0 Å². The van der Waals surface area contributed by atoms with Gasteiger partial charge in [-0.2, -0.15) is 0 Å². The first-order valence-corrected chi connectivity index (χ1v) is 5.07. The third-order valence-electron chi connectivity index (χ3n) is 2.77. The van der Waals surface area contributed by atoms with Crippen molar-refractivity contribution < 1.29 is 23.2 Å². The smallest absolute Gasteiger partial charge is 0.303 e. The number of carbonyl (C=O) groups is 1. The molecule has 2 rings (SSSR count). The number of hydrogen-bond donors (Lipinski definition) is 2. The maximum absolute atomic E-state index is 10.3. The summed E-state index contributed by atoms with van der Waals surface area (Å²) in [5, 5.41) is 17.3. The first-order valence-electron chi connectivity index (χ1n) is 8.07. The molecule has 15 heavy (non-hydrogen) atoms. The van der Waals surface area contributed by atoms with E-state index < -0.39 is 36.1 Å². The fourth-order valence-corrected chi connectivity index (χ4v) is 1.02. The maximum atomic E-state index is 10.3. The molecule has 2 saturated carbocycles. The van der Waals surface area contributed by atoms with Gasteiger partial charge in [0.05, 0.1) is 9.11 Å². The van der Waals surface area contributed by atoms with Crippen LogP contribution in [0.2, 0.25) is 0 Å². The van der Waals surface area contributed by atoms with Crippen LogP contribution in [0.15, 0.2) is 0 Å². The molecule has 88 valence electrons. The molecule has 2 N–H and O–H groups in total. The minimum atomic E-state index is -2.72. The van der Waals surface area contributed by atoms with Crippen LogP contribution in [0, 0.1) is 10.8 Å². The molecule has 0 radical (unpaired) electrons. The number of aliphatic carboxylic acids is 1. The predicted octanol–water partition coefficient (Wildman–Crippen LogP) is 2.43. The highest BCUT2D eigenvalue weighted by Crippen LogP contribution is 2.48. The molecule has 0 heterocycles. The lowest BCUT2D eigenvalue weighted by molar-refractivity contribution is -0.138. The summed E-state index contributed by atoms with van der Waals surface area (Å²) < 4.78 is 42.7. The average Bonchev–Trinajstić information content (AvgIpc) is 3.18. The second kappa shape index (κ2) is 4.52. The molecule has 0 saturated heterocycles. The van der Waals surface area contributed by atoms with Crippen molar-refractivity contribution in [1.82, 2.24) is 0 Å². The van der Waals surface area contributed by atoms with Crippen molar-refractivity contribution in [1.29, 1.82) is 0 Å². The second-order valence-electron chi connectivity index (χ2n) is 4.79. The highest BCUT2D eigenvalue weighted by molar-refractivity contribution is 5.68. The Morgan fingerprint density at radius 3 is 1.87 bits per heavy atom. The van der Waals surface area contributed by atoms with Crippen LogP contribution in [0.25, 0.3) is 0 Å². The largest absolute Gasteiger partial charge is 0.481 e. The van der Waals surface area contributed by atoms with Gasteiger partial charge in [0.15, 0.2) is 0 Å². The van der Waals surface area contributed by atoms with Gasteiger partial charge >= 0.3 is 5.97 Å². The van der Waals surface area contributed by atoms with Crippen molar-refractivity contribution >= 4 is 5.97 Å². The van der Waals surface area contributed by atoms with E-state index in [1.54, 1.807) is 13.8 Å². The molecule has 0 bridgehead atoms. The van der Waals surface area contributed by atoms with E-state index in [0.717, 1.165) is 0 Å². The van der Waals surface area contributed by atoms with Gasteiger partial charge in [-0.1, -0.05) is 13.8 Å². The summed E-state index contributed by atoms with van der Waals surface area (Å²) in [5.74, 6) is -1.34. The van der Waals surface area contributed by atoms with Crippen LogP contribution in [0.5, 0.6) is 0 Å². The normalized spacial score (nSPS) is 32.5. The van der Waals surface area contributed by atoms with E-state index in [0.29, 0.717) is 25.7 Å². The summed E-state index contributed by atoms with van der Waals surface area (Å²) in [6.45, 7) is 0.598. The summed E-state index contributed by atoms with van der Waals surface area (Å²) in [5.41, 5.74) is -1.26. The highest BCUT2D eigenvalue weighted by atomic mass is 16.4. The summed E-state index contributed by atoms with van der Waals surface area (Å²) >= 11 is 0. The zero-order valence-electron chi connectivity index (χ0n) is 15.1. The van der Waals surface area contributed by atoms with Crippen molar-refractivity contribution in [3.63, 3.8) is 0 Å². The van der Waals surface area contributed by atoms with Gasteiger partial charge in [0.2, 0.25) is 0 Å². The van der Waals surface area contributed by atoms with Gasteiger partial charge in [0.1, 0.15) is 0 Å². The average molecular weight is 220 g/mol. The van der Waals surface area contributed by atoms with Crippen molar-refractivity contribution in [2.75, 3.05) is 6.56 Å². The molecule has 2 aliphatic rings. The molecule has 0 amide bonds. The molecule has 2 aliphatic carbocycles. The lowest BCUT2D eigenvalue weighted by Gasteiger charge is -2.00. The summed E-state index contributed by atoms with van der Waals surface area (Å²) in [6, 6.07) is 0. The van der Waals surface area contributed by atoms with Crippen LogP contribution in [-0.4, -0.2) is 22.7 Å². The van der Waals surface area contributed by atoms with Crippen LogP contribution >= 0.6 is 0 Å². The quantitative estimate of drug-likeness (QED) is 0.765. The van der Waals surface area contributed by atoms with Crippen molar-refractivity contribution in [3.8, 4) is 0 Å². The Labute approximate surface area is 99.9 Å². The van der Waals surface area contributed by atoms with E-state index in [1.165, 1.54) is 0 Å². The number of carboxylic acid groups (broad SMARTS) is 1. The first kappa shape index (κ1) is 6.24. The van der Waals surface area contributed by atoms with Gasteiger partial charge in [0, 0.05) is 12.0 Å². The molecule has 3 nitrogen and oxygen atoms in total. The fraction of sp³-hybridized carbons (Fsp3) is 0.917. The fourth-order valence-electron chi connectivity index (χ4n) is 1.02. The summed E-state index contributed by atoms with van der Waals surface area (Å²) in [6.07, 6.45) is -1.48. The van der Waals surface area contributed by atoms with Crippen LogP contribution < -0.4 is 0 Å². The highest BCUT2D eigenvalue weighted by Gasteiger charge is 2.39. The molecule has 0 spiro atoms. The predicted molar refractivity (Wildman–Crippen MR) is 58.6 cm³/mol. The number of carboxylic acids is 1. The topological polar surface area (TPSA) is 57.5 Å². The number of aliphatic hydroxyl groups is 1. The van der Waals surface area contributed by atoms with Crippen LogP contribution in [-0.2, 0) is 4.79 Å². The van der Waals surface area contributed by atoms with E-state index in [9.17, 15) is 4.79 Å². The molecule has 0 unspecified atom stereocenters. The minimum absolute atomic E-state index is 0.598. The number of rotatable bonds is 4. The molecule has 2 fully saturated rings. The Balaban J connectivity index is 0.000000211. The molecular formula is C12H22O3. The molecular weight excluding hydrogens is 192 g/mol. The number of hydrogen-bond acceptors (Lipinski definition) is 2. The lowest BCUT2D eigenvalue weighted by Crippen LogP contribution is -2.03. The molecule has 0 aromatic rings. The monoisotopic (exact) mass is 220 g/mol. The zero-order valence-corrected chi connectivity index (χ0v) is 9.13. The SMILES string of the molecule is [2H]C([2H])(C(=O)O)C1(C)CC1.[2H]C([2H])(O)C([2H])([2H])C1(C)CC1. The van der Waals surface area contributed by atoms with Crippen molar-refractivity contribution in [2.45, 2.75) is 52.3 Å². The minimum Gasteiger partial charge on any atom is -0.481 e. The van der Waals surface area contributed by atoms with E-state index in [-0.39, 0.29) is 0 Å². The molecule has 0 atom stereocenters. The van der Waals surface area contributed by atoms with Crippen LogP contribution in [0.4, 0.5) is 0 Å². The van der Waals surface area contributed by atoms with E-state index in [4.69, 9.17) is 18.4 Å². The van der Waals surface area contributed by atoms with Gasteiger partial charge < -0.3 is 10.2 Å². The van der Waals surface area contributed by atoms with Crippen LogP contribution in [0.1, 0.15) is 60.5 Å². The lowest BCUT2D eigenvalue weighted by atomic mass is 10.1. The van der Waals surface area contributed by atoms with Crippen LogP contribution in [0.3, 0.4) is 0 Å². The Hall–Kier alpha value is -0.570. The van der Waals surface area contributed by atoms with Gasteiger partial charge in [-0.3, -0.25) is 4.79 Å². The first-order chi connectivity index (χ1) is 9.11. The Morgan fingerprint density at radius 2 is 1.73 bits per heavy atom. The molecule has 3 heteroatoms. The standard InChI is InChI=1S/C6H10O2.C6H12O/c1-6(2-3-6)4-5(7)8;1-6(2-3-6)4-5-7/h2-4H2,1H3,(H,7,8);7H,2-5H2,1H3/i4D2;4D2,5D2. The summed E-state index contributed by atoms with van der Waals surface area (Å²) in [7, 11) is 0. The third kappa shape index (κ3) is 5.17. The Morgan fingerprint density at radius 1 is 1.27 bits per heavy atom. The molecule has 0 aromatic heterocycles. The van der Waals surface area contributed by atoms with E-state index >= 15 is 0 Å². The third-order valence-corrected chi connectivity index (χ3v) is 2.77.